The molecular formula is C15H12F3N3O3. The summed E-state index contributed by atoms with van der Waals surface area (Å²) >= 11 is 0. The summed E-state index contributed by atoms with van der Waals surface area (Å²) in [5.41, 5.74) is -0.924. The number of aromatic nitrogens is 2. The quantitative estimate of drug-likeness (QED) is 0.847. The second-order valence-electron chi connectivity index (χ2n) is 4.63. The van der Waals surface area contributed by atoms with Crippen LogP contribution in [0.1, 0.15) is 27.6 Å². The summed E-state index contributed by atoms with van der Waals surface area (Å²) in [7, 11) is 0. The van der Waals surface area contributed by atoms with Crippen molar-refractivity contribution in [3.05, 3.63) is 59.2 Å². The van der Waals surface area contributed by atoms with Crippen LogP contribution in [0, 0.1) is 0 Å². The van der Waals surface area contributed by atoms with Gasteiger partial charge >= 0.3 is 12.3 Å². The van der Waals surface area contributed by atoms with E-state index in [9.17, 15) is 22.8 Å². The minimum absolute atomic E-state index is 0.00963. The van der Waals surface area contributed by atoms with Crippen molar-refractivity contribution in [2.45, 2.75) is 19.3 Å². The third-order valence-corrected chi connectivity index (χ3v) is 2.81. The molecule has 0 aliphatic carbocycles. The third-order valence-electron chi connectivity index (χ3n) is 2.81. The highest BCUT2D eigenvalue weighted by atomic mass is 19.4. The minimum atomic E-state index is -4.72. The van der Waals surface area contributed by atoms with E-state index in [1.54, 1.807) is 30.3 Å². The molecule has 1 aromatic carbocycles. The zero-order valence-corrected chi connectivity index (χ0v) is 12.2. The van der Waals surface area contributed by atoms with E-state index in [-0.39, 0.29) is 18.7 Å². The number of halogens is 3. The zero-order chi connectivity index (χ0) is 17.6. The maximum absolute atomic E-state index is 12.7. The van der Waals surface area contributed by atoms with Gasteiger partial charge in [0.05, 0.1) is 6.54 Å². The average Bonchev–Trinajstić information content (AvgIpc) is 2.58. The molecule has 0 atom stereocenters. The number of nitrogens with zero attached hydrogens (tertiary/aromatic N) is 2. The average molecular weight is 339 g/mol. The van der Waals surface area contributed by atoms with Crippen LogP contribution in [-0.4, -0.2) is 22.3 Å². The molecule has 2 aromatic rings. The molecule has 0 aliphatic rings. The van der Waals surface area contributed by atoms with E-state index < -0.39 is 30.2 Å². The Labute approximate surface area is 134 Å². The molecule has 1 heterocycles. The van der Waals surface area contributed by atoms with Gasteiger partial charge in [0, 0.05) is 0 Å². The lowest BCUT2D eigenvalue weighted by molar-refractivity contribution is -0.141. The van der Waals surface area contributed by atoms with Crippen molar-refractivity contribution < 1.29 is 27.5 Å². The van der Waals surface area contributed by atoms with Crippen LogP contribution >= 0.6 is 0 Å². The van der Waals surface area contributed by atoms with E-state index in [2.05, 4.69) is 15.3 Å². The highest BCUT2D eigenvalue weighted by Gasteiger charge is 2.33. The maximum Gasteiger partial charge on any atom is 0.433 e. The van der Waals surface area contributed by atoms with E-state index in [0.29, 0.717) is 6.07 Å². The van der Waals surface area contributed by atoms with Gasteiger partial charge in [0.25, 0.3) is 0 Å². The van der Waals surface area contributed by atoms with Gasteiger partial charge in [-0.3, -0.25) is 4.79 Å². The maximum atomic E-state index is 12.7. The van der Waals surface area contributed by atoms with Crippen molar-refractivity contribution >= 4 is 12.4 Å². The molecule has 1 N–H and O–H groups in total. The van der Waals surface area contributed by atoms with Gasteiger partial charge in [-0.1, -0.05) is 30.3 Å². The number of rotatable bonds is 5. The number of hydrogen-bond acceptors (Lipinski definition) is 5. The van der Waals surface area contributed by atoms with Gasteiger partial charge in [-0.05, 0) is 11.6 Å². The lowest BCUT2D eigenvalue weighted by Gasteiger charge is -2.09. The molecule has 126 valence electrons. The van der Waals surface area contributed by atoms with Crippen LogP contribution in [0.15, 0.2) is 36.4 Å². The molecule has 0 bridgehead atoms. The Kier molecular flexibility index (Phi) is 5.46. The predicted molar refractivity (Wildman–Crippen MR) is 75.9 cm³/mol. The van der Waals surface area contributed by atoms with Gasteiger partial charge in [0.2, 0.25) is 0 Å². The molecule has 0 fully saturated rings. The molecular weight excluding hydrogens is 327 g/mol. The van der Waals surface area contributed by atoms with E-state index in [0.717, 1.165) is 5.56 Å². The van der Waals surface area contributed by atoms with Crippen molar-refractivity contribution in [3.63, 3.8) is 0 Å². The zero-order valence-electron chi connectivity index (χ0n) is 12.2. The molecule has 6 nitrogen and oxygen atoms in total. The van der Waals surface area contributed by atoms with Gasteiger partial charge in [0.15, 0.2) is 6.29 Å². The first-order valence-corrected chi connectivity index (χ1v) is 6.73. The van der Waals surface area contributed by atoms with Crippen molar-refractivity contribution in [3.8, 4) is 0 Å². The molecule has 9 heteroatoms. The highest BCUT2D eigenvalue weighted by Crippen LogP contribution is 2.27. The summed E-state index contributed by atoms with van der Waals surface area (Å²) in [5, 5.41) is 2.23. The summed E-state index contributed by atoms with van der Waals surface area (Å²) in [4.78, 5) is 29.1. The Morgan fingerprint density at radius 2 is 1.92 bits per heavy atom. The van der Waals surface area contributed by atoms with Crippen molar-refractivity contribution in [1.82, 2.24) is 15.3 Å². The van der Waals surface area contributed by atoms with E-state index in [1.165, 1.54) is 0 Å². The Morgan fingerprint density at radius 3 is 2.54 bits per heavy atom. The van der Waals surface area contributed by atoms with Gasteiger partial charge in [-0.2, -0.15) is 13.2 Å². The first kappa shape index (κ1) is 17.4. The molecule has 0 saturated carbocycles. The highest BCUT2D eigenvalue weighted by molar-refractivity contribution is 5.72. The number of nitrogens with one attached hydrogen (secondary N) is 1. The molecule has 1 aromatic heterocycles. The van der Waals surface area contributed by atoms with Crippen molar-refractivity contribution in [2.24, 2.45) is 0 Å². The summed E-state index contributed by atoms with van der Waals surface area (Å²) in [6.45, 7) is -0.395. The Hall–Kier alpha value is -2.97. The molecule has 0 aliphatic heterocycles. The smallest absolute Gasteiger partial charge is 0.433 e. The number of ether oxygens (including phenoxy) is 1. The Morgan fingerprint density at radius 1 is 1.21 bits per heavy atom. The third kappa shape index (κ3) is 5.04. The number of alkyl carbamates (subject to hydrolysis) is 1. The minimum Gasteiger partial charge on any atom is -0.445 e. The van der Waals surface area contributed by atoms with Crippen LogP contribution < -0.4 is 5.32 Å². The summed E-state index contributed by atoms with van der Waals surface area (Å²) in [5.74, 6) is -0.344. The topological polar surface area (TPSA) is 81.2 Å². The lowest BCUT2D eigenvalue weighted by atomic mass is 10.2. The molecule has 1 amide bonds. The number of aldehydes is 1. The Balaban J connectivity index is 1.95. The van der Waals surface area contributed by atoms with Crippen LogP contribution in [0.5, 0.6) is 0 Å². The van der Waals surface area contributed by atoms with Crippen LogP contribution in [0.4, 0.5) is 18.0 Å². The fraction of sp³-hybridized carbons (Fsp3) is 0.200. The molecule has 0 radical (unpaired) electrons. The van der Waals surface area contributed by atoms with Gasteiger partial charge < -0.3 is 10.1 Å². The SMILES string of the molecule is O=Cc1cc(C(F)(F)F)nc(CNC(=O)OCc2ccccc2)n1. The number of alkyl halides is 3. The number of benzene rings is 1. The van der Waals surface area contributed by atoms with Crippen LogP contribution in [0.3, 0.4) is 0 Å². The van der Waals surface area contributed by atoms with Crippen LogP contribution in [0.2, 0.25) is 0 Å². The van der Waals surface area contributed by atoms with Crippen LogP contribution in [-0.2, 0) is 24.1 Å². The fourth-order valence-corrected chi connectivity index (χ4v) is 1.73. The molecule has 0 spiro atoms. The second kappa shape index (κ2) is 7.53. The first-order valence-electron chi connectivity index (χ1n) is 6.73. The molecule has 24 heavy (non-hydrogen) atoms. The van der Waals surface area contributed by atoms with Gasteiger partial charge in [-0.25, -0.2) is 14.8 Å². The van der Waals surface area contributed by atoms with Gasteiger partial charge in [-0.15, -0.1) is 0 Å². The lowest BCUT2D eigenvalue weighted by Crippen LogP contribution is -2.25. The number of hydrogen-bond donors (Lipinski definition) is 1. The first-order chi connectivity index (χ1) is 11.4. The summed E-state index contributed by atoms with van der Waals surface area (Å²) < 4.78 is 42.9. The van der Waals surface area contributed by atoms with E-state index >= 15 is 0 Å². The second-order valence-corrected chi connectivity index (χ2v) is 4.63. The van der Waals surface area contributed by atoms with Crippen molar-refractivity contribution in [2.75, 3.05) is 0 Å². The number of amides is 1. The van der Waals surface area contributed by atoms with Crippen LogP contribution in [0.25, 0.3) is 0 Å². The molecule has 0 unspecified atom stereocenters. The summed E-state index contributed by atoms with van der Waals surface area (Å²) in [6.07, 6.45) is -5.38. The monoisotopic (exact) mass is 339 g/mol. The molecule has 2 rings (SSSR count). The summed E-state index contributed by atoms with van der Waals surface area (Å²) in [6, 6.07) is 9.38. The Bertz CT molecular complexity index is 721. The van der Waals surface area contributed by atoms with E-state index in [4.69, 9.17) is 4.74 Å². The standard InChI is InChI=1S/C15H12F3N3O3/c16-15(17,18)12-6-11(8-22)20-13(21-12)7-19-14(23)24-9-10-4-2-1-3-5-10/h1-6,8H,7,9H2,(H,19,23). The number of carbonyl (C=O) groups is 2. The van der Waals surface area contributed by atoms with E-state index in [1.807, 2.05) is 0 Å². The van der Waals surface area contributed by atoms with Crippen molar-refractivity contribution in [1.29, 1.82) is 0 Å². The van der Waals surface area contributed by atoms with Gasteiger partial charge in [0.1, 0.15) is 23.8 Å². The predicted octanol–water partition coefficient (Wildman–Crippen LogP) is 2.73. The fourth-order valence-electron chi connectivity index (χ4n) is 1.73. The number of carbonyl (C=O) groups excluding carboxylic acids is 2. The largest absolute Gasteiger partial charge is 0.445 e. The normalized spacial score (nSPS) is 11.0. The molecule has 0 saturated heterocycles.